The fourth-order valence-corrected chi connectivity index (χ4v) is 2.53. The third-order valence-electron chi connectivity index (χ3n) is 3.76. The second-order valence-corrected chi connectivity index (χ2v) is 5.65. The third kappa shape index (κ3) is 3.43. The number of aromatic carboxylic acids is 1. The Hall–Kier alpha value is -1.86. The van der Waals surface area contributed by atoms with Crippen molar-refractivity contribution in [3.05, 3.63) is 32.8 Å². The summed E-state index contributed by atoms with van der Waals surface area (Å²) in [5.74, 6) is -1.28. The number of carbonyl (C=O) groups is 1. The molecule has 0 heterocycles. The molecule has 2 rings (SSSR count). The van der Waals surface area contributed by atoms with Crippen molar-refractivity contribution in [3.63, 3.8) is 0 Å². The minimum Gasteiger partial charge on any atom is -0.478 e. The van der Waals surface area contributed by atoms with Crippen LogP contribution in [0.15, 0.2) is 12.1 Å². The molecule has 1 aromatic carbocycles. The van der Waals surface area contributed by atoms with E-state index in [0.717, 1.165) is 25.0 Å². The maximum absolute atomic E-state index is 11.3. The molecule has 0 aliphatic heterocycles. The van der Waals surface area contributed by atoms with Crippen molar-refractivity contribution in [1.29, 1.82) is 0 Å². The van der Waals surface area contributed by atoms with E-state index in [1.807, 2.05) is 0 Å². The molecule has 21 heavy (non-hydrogen) atoms. The molecule has 3 N–H and O–H groups in total. The lowest BCUT2D eigenvalue weighted by Gasteiger charge is -2.17. The van der Waals surface area contributed by atoms with Crippen LogP contribution in [0.5, 0.6) is 0 Å². The average molecular weight is 315 g/mol. The summed E-state index contributed by atoms with van der Waals surface area (Å²) in [5, 5.41) is 31.9. The first-order chi connectivity index (χ1) is 9.88. The van der Waals surface area contributed by atoms with Crippen molar-refractivity contribution in [2.24, 2.45) is 5.41 Å². The Balaban J connectivity index is 2.26. The highest BCUT2D eigenvalue weighted by Crippen LogP contribution is 2.49. The normalized spacial score (nSPS) is 15.5. The summed E-state index contributed by atoms with van der Waals surface area (Å²) in [4.78, 5) is 21.3. The predicted molar refractivity (Wildman–Crippen MR) is 76.9 cm³/mol. The van der Waals surface area contributed by atoms with Crippen LogP contribution in [-0.2, 0) is 0 Å². The van der Waals surface area contributed by atoms with Crippen LogP contribution >= 0.6 is 11.6 Å². The quantitative estimate of drug-likeness (QED) is 0.526. The predicted octanol–water partition coefficient (Wildman–Crippen LogP) is 2.52. The second-order valence-electron chi connectivity index (χ2n) is 5.24. The Labute approximate surface area is 125 Å². The van der Waals surface area contributed by atoms with E-state index in [9.17, 15) is 20.0 Å². The standard InChI is InChI=1S/C13H15ClN2O5/c14-10-6-8(16(20)21)5-9(12(18)19)11(10)15-7-13(1-2-13)3-4-17/h5-6,15,17H,1-4,7H2,(H,18,19). The Morgan fingerprint density at radius 3 is 2.62 bits per heavy atom. The highest BCUT2D eigenvalue weighted by molar-refractivity contribution is 6.34. The number of nitrogens with zero attached hydrogens (tertiary/aromatic N) is 1. The van der Waals surface area contributed by atoms with Gasteiger partial charge in [-0.1, -0.05) is 11.6 Å². The highest BCUT2D eigenvalue weighted by atomic mass is 35.5. The molecule has 1 aromatic rings. The van der Waals surface area contributed by atoms with E-state index >= 15 is 0 Å². The Kier molecular flexibility index (Phi) is 4.34. The highest BCUT2D eigenvalue weighted by Gasteiger charge is 2.41. The summed E-state index contributed by atoms with van der Waals surface area (Å²) in [6, 6.07) is 2.12. The number of benzene rings is 1. The summed E-state index contributed by atoms with van der Waals surface area (Å²) >= 11 is 5.97. The van der Waals surface area contributed by atoms with Gasteiger partial charge in [0, 0.05) is 25.3 Å². The molecular formula is C13H15ClN2O5. The van der Waals surface area contributed by atoms with Crippen LogP contribution < -0.4 is 5.32 Å². The average Bonchev–Trinajstić information content (AvgIpc) is 3.16. The summed E-state index contributed by atoms with van der Waals surface area (Å²) in [5.41, 5.74) is -0.442. The number of rotatable bonds is 7. The SMILES string of the molecule is O=C(O)c1cc([N+](=O)[O-])cc(Cl)c1NCC1(CCO)CC1. The van der Waals surface area contributed by atoms with E-state index in [4.69, 9.17) is 16.7 Å². The van der Waals surface area contributed by atoms with E-state index in [1.165, 1.54) is 0 Å². The van der Waals surface area contributed by atoms with Crippen LogP contribution in [0, 0.1) is 15.5 Å². The van der Waals surface area contributed by atoms with E-state index in [2.05, 4.69) is 5.32 Å². The van der Waals surface area contributed by atoms with Gasteiger partial charge in [-0.25, -0.2) is 4.79 Å². The van der Waals surface area contributed by atoms with Crippen molar-refractivity contribution >= 4 is 28.9 Å². The number of halogens is 1. The molecule has 0 atom stereocenters. The molecule has 8 heteroatoms. The number of aliphatic hydroxyl groups is 1. The number of carboxylic acids is 1. The smallest absolute Gasteiger partial charge is 0.338 e. The summed E-state index contributed by atoms with van der Waals surface area (Å²) in [6.07, 6.45) is 2.54. The molecule has 114 valence electrons. The zero-order valence-corrected chi connectivity index (χ0v) is 11.9. The van der Waals surface area contributed by atoms with E-state index in [0.29, 0.717) is 13.0 Å². The maximum Gasteiger partial charge on any atom is 0.338 e. The number of carboxylic acid groups (broad SMARTS) is 1. The van der Waals surface area contributed by atoms with Crippen molar-refractivity contribution in [2.45, 2.75) is 19.3 Å². The molecule has 1 aliphatic carbocycles. The number of hydrogen-bond acceptors (Lipinski definition) is 5. The zero-order chi connectivity index (χ0) is 15.6. The lowest BCUT2D eigenvalue weighted by atomic mass is 10.0. The number of nitro benzene ring substituents is 1. The van der Waals surface area contributed by atoms with Gasteiger partial charge in [-0.3, -0.25) is 10.1 Å². The zero-order valence-electron chi connectivity index (χ0n) is 11.1. The first-order valence-electron chi connectivity index (χ1n) is 6.44. The third-order valence-corrected chi connectivity index (χ3v) is 4.05. The van der Waals surface area contributed by atoms with Gasteiger partial charge in [-0.2, -0.15) is 0 Å². The lowest BCUT2D eigenvalue weighted by Crippen LogP contribution is -2.18. The number of hydrogen-bond donors (Lipinski definition) is 3. The van der Waals surface area contributed by atoms with Crippen LogP contribution in [0.2, 0.25) is 5.02 Å². The van der Waals surface area contributed by atoms with Crippen molar-refractivity contribution in [2.75, 3.05) is 18.5 Å². The monoisotopic (exact) mass is 314 g/mol. The van der Waals surface area contributed by atoms with Crippen molar-refractivity contribution in [1.82, 2.24) is 0 Å². The van der Waals surface area contributed by atoms with Crippen LogP contribution in [-0.4, -0.2) is 34.3 Å². The summed E-state index contributed by atoms with van der Waals surface area (Å²) in [7, 11) is 0. The summed E-state index contributed by atoms with van der Waals surface area (Å²) < 4.78 is 0. The molecule has 0 radical (unpaired) electrons. The molecular weight excluding hydrogens is 300 g/mol. The molecule has 1 aliphatic rings. The number of nitro groups is 1. The number of non-ortho nitro benzene ring substituents is 1. The first-order valence-corrected chi connectivity index (χ1v) is 6.82. The van der Waals surface area contributed by atoms with Crippen molar-refractivity contribution in [3.8, 4) is 0 Å². The van der Waals surface area contributed by atoms with Crippen molar-refractivity contribution < 1.29 is 19.9 Å². The van der Waals surface area contributed by atoms with Crippen LogP contribution in [0.25, 0.3) is 0 Å². The maximum atomic E-state index is 11.3. The van der Waals surface area contributed by atoms with Gasteiger partial charge < -0.3 is 15.5 Å². The van der Waals surface area contributed by atoms with Crippen LogP contribution in [0.4, 0.5) is 11.4 Å². The molecule has 0 aromatic heterocycles. The fourth-order valence-electron chi connectivity index (χ4n) is 2.25. The molecule has 1 fully saturated rings. The van der Waals surface area contributed by atoms with Gasteiger partial charge in [-0.05, 0) is 24.7 Å². The molecule has 0 unspecified atom stereocenters. The Morgan fingerprint density at radius 1 is 1.48 bits per heavy atom. The van der Waals surface area contributed by atoms with E-state index < -0.39 is 10.9 Å². The molecule has 1 saturated carbocycles. The largest absolute Gasteiger partial charge is 0.478 e. The van der Waals surface area contributed by atoms with Gasteiger partial charge in [0.15, 0.2) is 0 Å². The second kappa shape index (κ2) is 5.87. The van der Waals surface area contributed by atoms with Crippen LogP contribution in [0.1, 0.15) is 29.6 Å². The van der Waals surface area contributed by atoms with Gasteiger partial charge in [0.05, 0.1) is 21.2 Å². The Morgan fingerprint density at radius 2 is 2.14 bits per heavy atom. The minimum atomic E-state index is -1.28. The lowest BCUT2D eigenvalue weighted by molar-refractivity contribution is -0.384. The molecule has 0 saturated heterocycles. The molecule has 0 spiro atoms. The Bertz CT molecular complexity index is 586. The molecule has 7 nitrogen and oxygen atoms in total. The van der Waals surface area contributed by atoms with Gasteiger partial charge in [0.1, 0.15) is 0 Å². The van der Waals surface area contributed by atoms with Gasteiger partial charge >= 0.3 is 5.97 Å². The number of nitrogens with one attached hydrogen (secondary N) is 1. The van der Waals surface area contributed by atoms with E-state index in [-0.39, 0.29) is 34.0 Å². The minimum absolute atomic E-state index is 0.00129. The molecule has 0 bridgehead atoms. The molecule has 0 amide bonds. The summed E-state index contributed by atoms with van der Waals surface area (Å²) in [6.45, 7) is 0.548. The fraction of sp³-hybridized carbons (Fsp3) is 0.462. The van der Waals surface area contributed by atoms with E-state index in [1.54, 1.807) is 0 Å². The van der Waals surface area contributed by atoms with Gasteiger partial charge in [0.25, 0.3) is 5.69 Å². The number of anilines is 1. The number of aliphatic hydroxyl groups excluding tert-OH is 1. The van der Waals surface area contributed by atoms with Gasteiger partial charge in [-0.15, -0.1) is 0 Å². The topological polar surface area (TPSA) is 113 Å². The first kappa shape index (κ1) is 15.5. The van der Waals surface area contributed by atoms with Gasteiger partial charge in [0.2, 0.25) is 0 Å². The van der Waals surface area contributed by atoms with Crippen LogP contribution in [0.3, 0.4) is 0 Å².